The number of amides is 2. The van der Waals surface area contributed by atoms with E-state index in [9.17, 15) is 9.59 Å². The van der Waals surface area contributed by atoms with E-state index in [4.69, 9.17) is 21.1 Å². The zero-order chi connectivity index (χ0) is 24.9. The standard InChI is InChI=1S/C26H20BrClINO4S/c1-2-33-22-12-16(11-21(29)24(22)34-15-18-8-4-6-10-20(18)28)13-23-25(31)30(26(32)35-23)14-17-7-3-5-9-19(17)27/h3-13H,2,14-15H2,1H3/b23-13-. The summed E-state index contributed by atoms with van der Waals surface area (Å²) in [4.78, 5) is 27.2. The fraction of sp³-hybridized carbons (Fsp3) is 0.154. The van der Waals surface area contributed by atoms with Gasteiger partial charge < -0.3 is 9.47 Å². The molecule has 0 unspecified atom stereocenters. The third kappa shape index (κ3) is 6.22. The highest BCUT2D eigenvalue weighted by atomic mass is 127. The second-order valence-corrected chi connectivity index (χ2v) is 10.9. The Bertz CT molecular complexity index is 1320. The quantitative estimate of drug-likeness (QED) is 0.178. The summed E-state index contributed by atoms with van der Waals surface area (Å²) < 4.78 is 13.6. The Morgan fingerprint density at radius 2 is 1.77 bits per heavy atom. The van der Waals surface area contributed by atoms with Gasteiger partial charge in [0.2, 0.25) is 0 Å². The van der Waals surface area contributed by atoms with E-state index in [2.05, 4.69) is 38.5 Å². The minimum absolute atomic E-state index is 0.208. The van der Waals surface area contributed by atoms with Crippen molar-refractivity contribution in [3.8, 4) is 11.5 Å². The van der Waals surface area contributed by atoms with Gasteiger partial charge in [-0.25, -0.2) is 0 Å². The molecule has 0 aliphatic carbocycles. The molecule has 1 saturated heterocycles. The van der Waals surface area contributed by atoms with Crippen molar-refractivity contribution in [1.82, 2.24) is 4.90 Å². The van der Waals surface area contributed by atoms with Crippen LogP contribution in [0.15, 0.2) is 70.0 Å². The second-order valence-electron chi connectivity index (χ2n) is 7.50. The summed E-state index contributed by atoms with van der Waals surface area (Å²) in [6, 6.07) is 18.8. The summed E-state index contributed by atoms with van der Waals surface area (Å²) in [6.07, 6.45) is 1.72. The first-order chi connectivity index (χ1) is 16.9. The zero-order valence-electron chi connectivity index (χ0n) is 18.6. The smallest absolute Gasteiger partial charge is 0.293 e. The van der Waals surface area contributed by atoms with Gasteiger partial charge in [-0.2, -0.15) is 0 Å². The molecule has 1 aliphatic heterocycles. The molecule has 3 aromatic carbocycles. The Morgan fingerprint density at radius 3 is 2.49 bits per heavy atom. The number of thioether (sulfide) groups is 1. The lowest BCUT2D eigenvalue weighted by Crippen LogP contribution is -2.27. The Morgan fingerprint density at radius 1 is 1.06 bits per heavy atom. The van der Waals surface area contributed by atoms with Gasteiger partial charge in [0, 0.05) is 15.1 Å². The first-order valence-electron chi connectivity index (χ1n) is 10.7. The maximum Gasteiger partial charge on any atom is 0.293 e. The van der Waals surface area contributed by atoms with Gasteiger partial charge >= 0.3 is 0 Å². The van der Waals surface area contributed by atoms with Crippen LogP contribution in [-0.2, 0) is 17.9 Å². The normalized spacial score (nSPS) is 14.6. The Balaban J connectivity index is 1.57. The third-order valence-electron chi connectivity index (χ3n) is 5.12. The van der Waals surface area contributed by atoms with Crippen molar-refractivity contribution in [3.63, 3.8) is 0 Å². The number of halogens is 3. The van der Waals surface area contributed by atoms with Gasteiger partial charge in [-0.15, -0.1) is 0 Å². The van der Waals surface area contributed by atoms with Crippen LogP contribution in [0.3, 0.4) is 0 Å². The number of carbonyl (C=O) groups is 2. The van der Waals surface area contributed by atoms with Gasteiger partial charge in [0.1, 0.15) is 6.61 Å². The first-order valence-corrected chi connectivity index (χ1v) is 13.7. The Labute approximate surface area is 235 Å². The lowest BCUT2D eigenvalue weighted by molar-refractivity contribution is -0.123. The van der Waals surface area contributed by atoms with Crippen LogP contribution in [0.25, 0.3) is 6.08 Å². The zero-order valence-corrected chi connectivity index (χ0v) is 23.9. The lowest BCUT2D eigenvalue weighted by Gasteiger charge is -2.15. The van der Waals surface area contributed by atoms with Gasteiger partial charge in [-0.3, -0.25) is 14.5 Å². The van der Waals surface area contributed by atoms with Crippen LogP contribution >= 0.6 is 61.9 Å². The summed E-state index contributed by atoms with van der Waals surface area (Å²) in [7, 11) is 0. The predicted molar refractivity (Wildman–Crippen MR) is 152 cm³/mol. The molecule has 1 aliphatic rings. The van der Waals surface area contributed by atoms with Gasteiger partial charge in [0.05, 0.1) is 21.6 Å². The molecule has 3 aromatic rings. The second kappa shape index (κ2) is 11.8. The van der Waals surface area contributed by atoms with Crippen LogP contribution in [0.4, 0.5) is 4.79 Å². The monoisotopic (exact) mass is 683 g/mol. The molecular formula is C26H20BrClINO4S. The SMILES string of the molecule is CCOc1cc(/C=C2\SC(=O)N(Cc3ccccc3Br)C2=O)cc(I)c1OCc1ccccc1Cl. The van der Waals surface area contributed by atoms with Crippen molar-refractivity contribution in [1.29, 1.82) is 0 Å². The molecule has 4 rings (SSSR count). The molecule has 1 fully saturated rings. The molecule has 180 valence electrons. The maximum atomic E-state index is 13.0. The topological polar surface area (TPSA) is 55.8 Å². The average Bonchev–Trinajstić information content (AvgIpc) is 3.08. The molecule has 0 aromatic heterocycles. The van der Waals surface area contributed by atoms with E-state index in [-0.39, 0.29) is 17.7 Å². The van der Waals surface area contributed by atoms with Crippen LogP contribution in [0.5, 0.6) is 11.5 Å². The highest BCUT2D eigenvalue weighted by Gasteiger charge is 2.35. The molecule has 9 heteroatoms. The molecule has 0 N–H and O–H groups in total. The van der Waals surface area contributed by atoms with Crippen LogP contribution in [0.1, 0.15) is 23.6 Å². The Hall–Kier alpha value is -2.01. The Kier molecular flexibility index (Phi) is 8.80. The van der Waals surface area contributed by atoms with E-state index in [0.29, 0.717) is 34.6 Å². The summed E-state index contributed by atoms with van der Waals surface area (Å²) in [6.45, 7) is 2.85. The number of rotatable bonds is 8. The minimum atomic E-state index is -0.317. The van der Waals surface area contributed by atoms with Gasteiger partial charge in [-0.05, 0) is 82.7 Å². The number of carbonyl (C=O) groups excluding carboxylic acids is 2. The van der Waals surface area contributed by atoms with Crippen molar-refractivity contribution in [2.45, 2.75) is 20.1 Å². The minimum Gasteiger partial charge on any atom is -0.490 e. The lowest BCUT2D eigenvalue weighted by atomic mass is 10.1. The number of hydrogen-bond acceptors (Lipinski definition) is 5. The van der Waals surface area contributed by atoms with Crippen molar-refractivity contribution < 1.29 is 19.1 Å². The van der Waals surface area contributed by atoms with Gasteiger partial charge in [0.15, 0.2) is 11.5 Å². The molecular weight excluding hydrogens is 665 g/mol. The number of benzene rings is 3. The number of hydrogen-bond donors (Lipinski definition) is 0. The summed E-state index contributed by atoms with van der Waals surface area (Å²) in [5.74, 6) is 0.847. The fourth-order valence-corrected chi connectivity index (χ4v) is 5.64. The number of ether oxygens (including phenoxy) is 2. The van der Waals surface area contributed by atoms with Crippen molar-refractivity contribution >= 4 is 79.1 Å². The molecule has 0 atom stereocenters. The van der Waals surface area contributed by atoms with Crippen molar-refractivity contribution in [2.24, 2.45) is 0 Å². The van der Waals surface area contributed by atoms with Gasteiger partial charge in [0.25, 0.3) is 11.1 Å². The molecule has 0 spiro atoms. The maximum absolute atomic E-state index is 13.0. The molecule has 2 amide bonds. The molecule has 1 heterocycles. The molecule has 5 nitrogen and oxygen atoms in total. The molecule has 0 saturated carbocycles. The molecule has 0 radical (unpaired) electrons. The van der Waals surface area contributed by atoms with E-state index >= 15 is 0 Å². The predicted octanol–water partition coefficient (Wildman–Crippen LogP) is 7.92. The number of imide groups is 1. The van der Waals surface area contributed by atoms with E-state index in [1.54, 1.807) is 6.08 Å². The van der Waals surface area contributed by atoms with E-state index in [1.807, 2.05) is 67.6 Å². The van der Waals surface area contributed by atoms with Gasteiger partial charge in [-0.1, -0.05) is 63.9 Å². The van der Waals surface area contributed by atoms with Crippen molar-refractivity contribution in [2.75, 3.05) is 6.61 Å². The van der Waals surface area contributed by atoms with Crippen molar-refractivity contribution in [3.05, 3.63) is 95.3 Å². The summed E-state index contributed by atoms with van der Waals surface area (Å²) >= 11 is 12.8. The highest BCUT2D eigenvalue weighted by molar-refractivity contribution is 14.1. The first kappa shape index (κ1) is 26.1. The fourth-order valence-electron chi connectivity index (χ4n) is 3.42. The van der Waals surface area contributed by atoms with Crippen LogP contribution < -0.4 is 9.47 Å². The van der Waals surface area contributed by atoms with Crippen LogP contribution in [0.2, 0.25) is 5.02 Å². The molecule has 35 heavy (non-hydrogen) atoms. The van der Waals surface area contributed by atoms with Crippen LogP contribution in [-0.4, -0.2) is 22.7 Å². The number of nitrogens with zero attached hydrogens (tertiary/aromatic N) is 1. The average molecular weight is 685 g/mol. The van der Waals surface area contributed by atoms with E-state index in [0.717, 1.165) is 36.5 Å². The highest BCUT2D eigenvalue weighted by Crippen LogP contribution is 2.38. The summed E-state index contributed by atoms with van der Waals surface area (Å²) in [5.41, 5.74) is 2.48. The van der Waals surface area contributed by atoms with E-state index < -0.39 is 0 Å². The largest absolute Gasteiger partial charge is 0.490 e. The third-order valence-corrected chi connectivity index (χ3v) is 7.97. The molecule has 0 bridgehead atoms. The van der Waals surface area contributed by atoms with E-state index in [1.165, 1.54) is 4.90 Å². The summed E-state index contributed by atoms with van der Waals surface area (Å²) in [5, 5.41) is 0.340. The van der Waals surface area contributed by atoms with Crippen LogP contribution in [0, 0.1) is 3.57 Å².